The van der Waals surface area contributed by atoms with E-state index in [0.717, 1.165) is 51.6 Å². The van der Waals surface area contributed by atoms with Gasteiger partial charge in [0.15, 0.2) is 0 Å². The van der Waals surface area contributed by atoms with E-state index in [1.807, 2.05) is 0 Å². The van der Waals surface area contributed by atoms with Crippen LogP contribution in [0.5, 0.6) is 0 Å². The number of aliphatic carboxylic acids is 1. The summed E-state index contributed by atoms with van der Waals surface area (Å²) in [7, 11) is 1.76. The van der Waals surface area contributed by atoms with Gasteiger partial charge in [-0.3, -0.25) is 9.69 Å². The van der Waals surface area contributed by atoms with E-state index >= 15 is 0 Å². The zero-order chi connectivity index (χ0) is 14.8. The molecule has 1 atom stereocenters. The van der Waals surface area contributed by atoms with Gasteiger partial charge in [-0.05, 0) is 57.9 Å². The molecule has 1 saturated heterocycles. The summed E-state index contributed by atoms with van der Waals surface area (Å²) < 4.78 is 5.62. The number of carboxylic acids is 1. The van der Waals surface area contributed by atoms with Crippen LogP contribution in [-0.4, -0.2) is 48.3 Å². The monoisotopic (exact) mass is 283 g/mol. The highest BCUT2D eigenvalue weighted by Crippen LogP contribution is 2.40. The smallest absolute Gasteiger partial charge is 0.310 e. The normalized spacial score (nSPS) is 39.6. The molecule has 116 valence electrons. The van der Waals surface area contributed by atoms with Crippen LogP contribution in [0.2, 0.25) is 0 Å². The Morgan fingerprint density at radius 2 is 2.00 bits per heavy atom. The summed E-state index contributed by atoms with van der Waals surface area (Å²) in [4.78, 5) is 14.1. The highest BCUT2D eigenvalue weighted by atomic mass is 16.5. The highest BCUT2D eigenvalue weighted by molar-refractivity contribution is 5.75. The van der Waals surface area contributed by atoms with Gasteiger partial charge >= 0.3 is 5.97 Å². The summed E-state index contributed by atoms with van der Waals surface area (Å²) in [6.45, 7) is 6.91. The van der Waals surface area contributed by atoms with Crippen LogP contribution in [0.3, 0.4) is 0 Å². The Balaban J connectivity index is 2.03. The molecule has 0 bridgehead atoms. The first kappa shape index (κ1) is 15.8. The van der Waals surface area contributed by atoms with Gasteiger partial charge in [0.1, 0.15) is 0 Å². The molecule has 20 heavy (non-hydrogen) atoms. The Kier molecular flexibility index (Phi) is 4.75. The SMILES string of the molecule is COC1(C)CCCN(CC2(C(=O)O)CCC(C)CC2)C1. The standard InChI is InChI=1S/C16H29NO3/c1-13-5-8-16(9-6-13,14(18)19)12-17-10-4-7-15(2,11-17)20-3/h13H,4-12H2,1-3H3,(H,18,19). The van der Waals surface area contributed by atoms with E-state index in [0.29, 0.717) is 12.5 Å². The Morgan fingerprint density at radius 3 is 2.55 bits per heavy atom. The fraction of sp³-hybridized carbons (Fsp3) is 0.938. The van der Waals surface area contributed by atoms with Crippen molar-refractivity contribution in [3.05, 3.63) is 0 Å². The summed E-state index contributed by atoms with van der Waals surface area (Å²) in [5, 5.41) is 9.74. The van der Waals surface area contributed by atoms with Crippen molar-refractivity contribution in [2.24, 2.45) is 11.3 Å². The highest BCUT2D eigenvalue weighted by Gasteiger charge is 2.44. The molecule has 4 heteroatoms. The Morgan fingerprint density at radius 1 is 1.35 bits per heavy atom. The third-order valence-corrected chi connectivity index (χ3v) is 5.44. The van der Waals surface area contributed by atoms with Crippen LogP contribution in [0.1, 0.15) is 52.4 Å². The molecule has 1 unspecified atom stereocenters. The third kappa shape index (κ3) is 3.34. The van der Waals surface area contributed by atoms with Gasteiger partial charge in [0.05, 0.1) is 11.0 Å². The Bertz CT molecular complexity index is 350. The second-order valence-corrected chi connectivity index (χ2v) is 7.24. The number of carboxylic acid groups (broad SMARTS) is 1. The van der Waals surface area contributed by atoms with Crippen LogP contribution in [0, 0.1) is 11.3 Å². The molecular weight excluding hydrogens is 254 g/mol. The van der Waals surface area contributed by atoms with Crippen LogP contribution in [0.15, 0.2) is 0 Å². The molecular formula is C16H29NO3. The number of ether oxygens (including phenoxy) is 1. The fourth-order valence-corrected chi connectivity index (χ4v) is 3.79. The molecule has 1 saturated carbocycles. The second-order valence-electron chi connectivity index (χ2n) is 7.24. The van der Waals surface area contributed by atoms with E-state index in [9.17, 15) is 9.90 Å². The lowest BCUT2D eigenvalue weighted by Crippen LogP contribution is -2.53. The minimum absolute atomic E-state index is 0.111. The van der Waals surface area contributed by atoms with Gasteiger partial charge in [-0.25, -0.2) is 0 Å². The summed E-state index contributed by atoms with van der Waals surface area (Å²) in [6.07, 6.45) is 5.89. The van der Waals surface area contributed by atoms with Gasteiger partial charge in [0, 0.05) is 20.2 Å². The van der Waals surface area contributed by atoms with Crippen molar-refractivity contribution in [3.8, 4) is 0 Å². The maximum absolute atomic E-state index is 11.8. The van der Waals surface area contributed by atoms with E-state index in [4.69, 9.17) is 4.74 Å². The van der Waals surface area contributed by atoms with Crippen molar-refractivity contribution in [2.75, 3.05) is 26.7 Å². The molecule has 1 heterocycles. The van der Waals surface area contributed by atoms with E-state index in [-0.39, 0.29) is 5.60 Å². The molecule has 1 aliphatic heterocycles. The molecule has 4 nitrogen and oxygen atoms in total. The van der Waals surface area contributed by atoms with Gasteiger partial charge in [-0.2, -0.15) is 0 Å². The van der Waals surface area contributed by atoms with Crippen molar-refractivity contribution in [1.29, 1.82) is 0 Å². The van der Waals surface area contributed by atoms with Gasteiger partial charge in [0.2, 0.25) is 0 Å². The predicted octanol–water partition coefficient (Wildman–Crippen LogP) is 2.77. The predicted molar refractivity (Wildman–Crippen MR) is 78.8 cm³/mol. The maximum Gasteiger partial charge on any atom is 0.310 e. The summed E-state index contributed by atoms with van der Waals surface area (Å²) in [5.41, 5.74) is -0.640. The van der Waals surface area contributed by atoms with Crippen LogP contribution in [-0.2, 0) is 9.53 Å². The number of nitrogens with zero attached hydrogens (tertiary/aromatic N) is 1. The van der Waals surface area contributed by atoms with E-state index in [1.165, 1.54) is 0 Å². The molecule has 0 aromatic carbocycles. The first-order chi connectivity index (χ1) is 9.39. The number of likely N-dealkylation sites (tertiary alicyclic amines) is 1. The fourth-order valence-electron chi connectivity index (χ4n) is 3.79. The summed E-state index contributed by atoms with van der Waals surface area (Å²) in [6, 6.07) is 0. The number of hydrogen-bond acceptors (Lipinski definition) is 3. The molecule has 2 aliphatic rings. The average Bonchev–Trinajstić information content (AvgIpc) is 2.41. The molecule has 2 rings (SSSR count). The van der Waals surface area contributed by atoms with Crippen LogP contribution >= 0.6 is 0 Å². The molecule has 0 amide bonds. The maximum atomic E-state index is 11.8. The zero-order valence-electron chi connectivity index (χ0n) is 13.2. The van der Waals surface area contributed by atoms with Crippen LogP contribution < -0.4 is 0 Å². The van der Waals surface area contributed by atoms with Crippen LogP contribution in [0.25, 0.3) is 0 Å². The first-order valence-electron chi connectivity index (χ1n) is 7.90. The lowest BCUT2D eigenvalue weighted by atomic mass is 9.70. The van der Waals surface area contributed by atoms with Crippen molar-refractivity contribution in [1.82, 2.24) is 4.90 Å². The lowest BCUT2D eigenvalue weighted by molar-refractivity contribution is -0.154. The Labute approximate surface area is 122 Å². The second kappa shape index (κ2) is 6.02. The molecule has 0 aromatic heterocycles. The lowest BCUT2D eigenvalue weighted by Gasteiger charge is -2.44. The van der Waals surface area contributed by atoms with E-state index in [1.54, 1.807) is 7.11 Å². The number of rotatable bonds is 4. The van der Waals surface area contributed by atoms with Crippen molar-refractivity contribution in [3.63, 3.8) is 0 Å². The zero-order valence-corrected chi connectivity index (χ0v) is 13.2. The molecule has 0 spiro atoms. The van der Waals surface area contributed by atoms with E-state index < -0.39 is 11.4 Å². The van der Waals surface area contributed by atoms with Crippen molar-refractivity contribution in [2.45, 2.75) is 58.0 Å². The largest absolute Gasteiger partial charge is 0.481 e. The first-order valence-corrected chi connectivity index (χ1v) is 7.90. The van der Waals surface area contributed by atoms with Crippen molar-refractivity contribution < 1.29 is 14.6 Å². The quantitative estimate of drug-likeness (QED) is 0.862. The number of carbonyl (C=O) groups is 1. The van der Waals surface area contributed by atoms with Crippen LogP contribution in [0.4, 0.5) is 0 Å². The third-order valence-electron chi connectivity index (χ3n) is 5.44. The summed E-state index contributed by atoms with van der Waals surface area (Å²) >= 11 is 0. The van der Waals surface area contributed by atoms with Gasteiger partial charge in [0.25, 0.3) is 0 Å². The Hall–Kier alpha value is -0.610. The molecule has 0 aromatic rings. The van der Waals surface area contributed by atoms with Gasteiger partial charge < -0.3 is 9.84 Å². The average molecular weight is 283 g/mol. The molecule has 2 fully saturated rings. The molecule has 0 radical (unpaired) electrons. The number of hydrogen-bond donors (Lipinski definition) is 1. The van der Waals surface area contributed by atoms with Gasteiger partial charge in [-0.1, -0.05) is 6.92 Å². The topological polar surface area (TPSA) is 49.8 Å². The van der Waals surface area contributed by atoms with Gasteiger partial charge in [-0.15, -0.1) is 0 Å². The molecule has 1 N–H and O–H groups in total. The number of methoxy groups -OCH3 is 1. The minimum Gasteiger partial charge on any atom is -0.481 e. The summed E-state index contributed by atoms with van der Waals surface area (Å²) in [5.74, 6) is 0.0714. The number of piperidine rings is 1. The van der Waals surface area contributed by atoms with E-state index in [2.05, 4.69) is 18.7 Å². The molecule has 1 aliphatic carbocycles. The van der Waals surface area contributed by atoms with Crippen molar-refractivity contribution >= 4 is 5.97 Å². The minimum atomic E-state index is -0.603.